The number of nitrogens with one attached hydrogen (secondary N) is 1. The minimum atomic E-state index is -3.66. The van der Waals surface area contributed by atoms with Crippen LogP contribution in [0.4, 0.5) is 5.69 Å². The zero-order chi connectivity index (χ0) is 18.4. The fourth-order valence-corrected chi connectivity index (χ4v) is 3.66. The number of amides is 1. The minimum absolute atomic E-state index is 0.0255. The van der Waals surface area contributed by atoms with Crippen LogP contribution in [0.3, 0.4) is 0 Å². The molecule has 2 aromatic rings. The van der Waals surface area contributed by atoms with Crippen molar-refractivity contribution in [3.8, 4) is 11.8 Å². The highest BCUT2D eigenvalue weighted by atomic mass is 35.5. The summed E-state index contributed by atoms with van der Waals surface area (Å²) in [6.45, 7) is 0. The zero-order valence-corrected chi connectivity index (χ0v) is 14.9. The van der Waals surface area contributed by atoms with E-state index in [1.54, 1.807) is 18.2 Å². The first-order valence-corrected chi connectivity index (χ1v) is 9.25. The van der Waals surface area contributed by atoms with Gasteiger partial charge in [-0.05, 0) is 36.4 Å². The highest BCUT2D eigenvalue weighted by Crippen LogP contribution is 2.27. The van der Waals surface area contributed by atoms with Crippen LogP contribution in [-0.4, -0.2) is 27.2 Å². The van der Waals surface area contributed by atoms with Crippen molar-refractivity contribution in [2.75, 3.05) is 18.2 Å². The number of halogens is 1. The van der Waals surface area contributed by atoms with Gasteiger partial charge in [0.25, 0.3) is 0 Å². The zero-order valence-electron chi connectivity index (χ0n) is 13.3. The van der Waals surface area contributed by atoms with Crippen LogP contribution in [0.15, 0.2) is 47.4 Å². The summed E-state index contributed by atoms with van der Waals surface area (Å²) < 4.78 is 29.6. The Morgan fingerprint density at radius 3 is 2.68 bits per heavy atom. The van der Waals surface area contributed by atoms with Crippen LogP contribution < -0.4 is 10.1 Å². The third kappa shape index (κ3) is 4.95. The van der Waals surface area contributed by atoms with Crippen LogP contribution in [-0.2, 0) is 14.6 Å². The molecule has 0 radical (unpaired) electrons. The summed E-state index contributed by atoms with van der Waals surface area (Å²) in [6.07, 6.45) is -0.219. The van der Waals surface area contributed by atoms with Crippen LogP contribution in [0.5, 0.6) is 5.75 Å². The predicted octanol–water partition coefficient (Wildman–Crippen LogP) is 3.02. The van der Waals surface area contributed by atoms with Gasteiger partial charge in [0.05, 0.1) is 34.4 Å². The Bertz CT molecular complexity index is 936. The second-order valence-electron chi connectivity index (χ2n) is 5.11. The number of ether oxygens (including phenoxy) is 1. The first kappa shape index (κ1) is 18.8. The van der Waals surface area contributed by atoms with E-state index in [2.05, 4.69) is 5.32 Å². The quantitative estimate of drug-likeness (QED) is 0.833. The molecule has 0 saturated carbocycles. The maximum atomic E-state index is 12.3. The first-order valence-electron chi connectivity index (χ1n) is 7.22. The van der Waals surface area contributed by atoms with Gasteiger partial charge in [-0.25, -0.2) is 8.42 Å². The lowest BCUT2D eigenvalue weighted by molar-refractivity contribution is -0.115. The number of sulfone groups is 1. The number of nitriles is 1. The predicted molar refractivity (Wildman–Crippen MR) is 94.5 cm³/mol. The summed E-state index contributed by atoms with van der Waals surface area (Å²) in [6, 6.07) is 12.5. The molecule has 25 heavy (non-hydrogen) atoms. The van der Waals surface area contributed by atoms with Crippen LogP contribution in [0.2, 0.25) is 5.02 Å². The number of hydrogen-bond acceptors (Lipinski definition) is 5. The molecule has 0 unspecified atom stereocenters. The largest absolute Gasteiger partial charge is 0.495 e. The van der Waals surface area contributed by atoms with Gasteiger partial charge in [0.1, 0.15) is 5.75 Å². The SMILES string of the molecule is COc1ccc(S(=O)(=O)CCC(=O)Nc2cccc(C#N)c2)cc1Cl. The summed E-state index contributed by atoms with van der Waals surface area (Å²) in [4.78, 5) is 12.0. The van der Waals surface area contributed by atoms with Gasteiger partial charge in [0.2, 0.25) is 5.91 Å². The number of carbonyl (C=O) groups excluding carboxylic acids is 1. The van der Waals surface area contributed by atoms with E-state index in [0.29, 0.717) is 17.0 Å². The molecule has 130 valence electrons. The van der Waals surface area contributed by atoms with Gasteiger partial charge in [-0.2, -0.15) is 5.26 Å². The molecule has 0 atom stereocenters. The van der Waals surface area contributed by atoms with Gasteiger partial charge in [-0.15, -0.1) is 0 Å². The lowest BCUT2D eigenvalue weighted by Gasteiger charge is -2.08. The third-order valence-corrected chi connectivity index (χ3v) is 5.36. The van der Waals surface area contributed by atoms with E-state index >= 15 is 0 Å². The number of carbonyl (C=O) groups is 1. The van der Waals surface area contributed by atoms with E-state index < -0.39 is 15.7 Å². The molecule has 0 fully saturated rings. The summed E-state index contributed by atoms with van der Waals surface area (Å²) >= 11 is 5.94. The molecule has 6 nitrogen and oxygen atoms in total. The number of rotatable bonds is 6. The van der Waals surface area contributed by atoms with E-state index in [1.165, 1.54) is 31.4 Å². The molecule has 0 saturated heterocycles. The van der Waals surface area contributed by atoms with E-state index in [9.17, 15) is 13.2 Å². The average molecular weight is 379 g/mol. The van der Waals surface area contributed by atoms with Gasteiger partial charge in [-0.1, -0.05) is 17.7 Å². The Balaban J connectivity index is 2.02. The standard InChI is InChI=1S/C17H15ClN2O4S/c1-24-16-6-5-14(10-15(16)18)25(22,23)8-7-17(21)20-13-4-2-3-12(9-13)11-19/h2-6,9-10H,7-8H2,1H3,(H,20,21). The number of methoxy groups -OCH3 is 1. The molecule has 0 aliphatic heterocycles. The molecule has 2 aromatic carbocycles. The fourth-order valence-electron chi connectivity index (χ4n) is 2.08. The molecule has 0 aliphatic carbocycles. The van der Waals surface area contributed by atoms with Gasteiger partial charge in [-0.3, -0.25) is 4.79 Å². The Morgan fingerprint density at radius 2 is 2.04 bits per heavy atom. The number of hydrogen-bond donors (Lipinski definition) is 1. The molecule has 0 heterocycles. The Morgan fingerprint density at radius 1 is 1.28 bits per heavy atom. The summed E-state index contributed by atoms with van der Waals surface area (Å²) in [5.74, 6) is -0.451. The Labute approximate surface area is 150 Å². The first-order chi connectivity index (χ1) is 11.9. The van der Waals surface area contributed by atoms with E-state index in [1.807, 2.05) is 6.07 Å². The van der Waals surface area contributed by atoms with E-state index in [0.717, 1.165) is 0 Å². The van der Waals surface area contributed by atoms with Crippen LogP contribution in [0, 0.1) is 11.3 Å². The van der Waals surface area contributed by atoms with Crippen molar-refractivity contribution >= 4 is 33.0 Å². The molecule has 2 rings (SSSR count). The molecule has 1 N–H and O–H groups in total. The van der Waals surface area contributed by atoms with Crippen molar-refractivity contribution in [1.29, 1.82) is 5.26 Å². The highest BCUT2D eigenvalue weighted by molar-refractivity contribution is 7.91. The lowest BCUT2D eigenvalue weighted by atomic mass is 10.2. The van der Waals surface area contributed by atoms with Crippen molar-refractivity contribution < 1.29 is 17.9 Å². The van der Waals surface area contributed by atoms with Crippen molar-refractivity contribution in [3.05, 3.63) is 53.1 Å². The second-order valence-corrected chi connectivity index (χ2v) is 7.62. The molecule has 0 aliphatic rings. The van der Waals surface area contributed by atoms with E-state index in [4.69, 9.17) is 21.6 Å². The molecule has 0 bridgehead atoms. The summed E-state index contributed by atoms with van der Waals surface area (Å²) in [5.41, 5.74) is 0.840. The summed E-state index contributed by atoms with van der Waals surface area (Å²) in [5, 5.41) is 11.6. The van der Waals surface area contributed by atoms with Gasteiger partial charge >= 0.3 is 0 Å². The molecule has 1 amide bonds. The van der Waals surface area contributed by atoms with Crippen molar-refractivity contribution in [2.45, 2.75) is 11.3 Å². The van der Waals surface area contributed by atoms with Crippen molar-refractivity contribution in [1.82, 2.24) is 0 Å². The molecule has 0 aromatic heterocycles. The molecular formula is C17H15ClN2O4S. The van der Waals surface area contributed by atoms with Gasteiger partial charge in [0, 0.05) is 12.1 Å². The molecule has 0 spiro atoms. The minimum Gasteiger partial charge on any atom is -0.495 e. The van der Waals surface area contributed by atoms with Crippen molar-refractivity contribution in [3.63, 3.8) is 0 Å². The van der Waals surface area contributed by atoms with Gasteiger partial charge in [0.15, 0.2) is 9.84 Å². The number of nitrogens with zero attached hydrogens (tertiary/aromatic N) is 1. The third-order valence-electron chi connectivity index (χ3n) is 3.36. The number of benzene rings is 2. The highest BCUT2D eigenvalue weighted by Gasteiger charge is 2.18. The van der Waals surface area contributed by atoms with Crippen molar-refractivity contribution in [2.24, 2.45) is 0 Å². The normalized spacial score (nSPS) is 10.8. The Kier molecular flexibility index (Phi) is 6.02. The average Bonchev–Trinajstić information content (AvgIpc) is 2.60. The molecule has 8 heteroatoms. The van der Waals surface area contributed by atoms with Crippen LogP contribution in [0.25, 0.3) is 0 Å². The second kappa shape index (κ2) is 8.01. The maximum absolute atomic E-state index is 12.3. The Hall–Kier alpha value is -2.56. The van der Waals surface area contributed by atoms with Crippen LogP contribution >= 0.6 is 11.6 Å². The number of anilines is 1. The van der Waals surface area contributed by atoms with Crippen LogP contribution in [0.1, 0.15) is 12.0 Å². The summed E-state index contributed by atoms with van der Waals surface area (Å²) in [7, 11) is -2.23. The molecular weight excluding hydrogens is 364 g/mol. The maximum Gasteiger partial charge on any atom is 0.225 e. The smallest absolute Gasteiger partial charge is 0.225 e. The van der Waals surface area contributed by atoms with Gasteiger partial charge < -0.3 is 10.1 Å². The fraction of sp³-hybridized carbons (Fsp3) is 0.176. The monoisotopic (exact) mass is 378 g/mol. The van der Waals surface area contributed by atoms with E-state index in [-0.39, 0.29) is 22.1 Å². The topological polar surface area (TPSA) is 96.3 Å². The lowest BCUT2D eigenvalue weighted by Crippen LogP contribution is -2.17.